The van der Waals surface area contributed by atoms with Gasteiger partial charge in [-0.25, -0.2) is 0 Å². The molecule has 0 spiro atoms. The molecule has 0 bridgehead atoms. The summed E-state index contributed by atoms with van der Waals surface area (Å²) in [6.07, 6.45) is 10.2. The Balaban J connectivity index is 1.46. The molecule has 2 fully saturated rings. The quantitative estimate of drug-likeness (QED) is 0.707. The van der Waals surface area contributed by atoms with Crippen molar-refractivity contribution >= 4 is 5.91 Å². The number of nitrogens with one attached hydrogen (secondary N) is 1. The van der Waals surface area contributed by atoms with Gasteiger partial charge in [0.05, 0.1) is 5.92 Å². The van der Waals surface area contributed by atoms with Gasteiger partial charge in [-0.1, -0.05) is 12.2 Å². The Morgan fingerprint density at radius 1 is 1.24 bits per heavy atom. The van der Waals surface area contributed by atoms with E-state index in [1.54, 1.807) is 0 Å². The number of hydrogen-bond donors (Lipinski definition) is 2. The molecule has 17 heavy (non-hydrogen) atoms. The summed E-state index contributed by atoms with van der Waals surface area (Å²) in [7, 11) is 0. The van der Waals surface area contributed by atoms with Crippen molar-refractivity contribution in [3.05, 3.63) is 12.2 Å². The lowest BCUT2D eigenvalue weighted by atomic mass is 9.97. The average Bonchev–Trinajstić information content (AvgIpc) is 3.20. The Morgan fingerprint density at radius 2 is 1.88 bits per heavy atom. The summed E-state index contributed by atoms with van der Waals surface area (Å²) in [5.74, 6) is 2.77. The zero-order valence-corrected chi connectivity index (χ0v) is 10.3. The lowest BCUT2D eigenvalue weighted by Crippen LogP contribution is -2.35. The zero-order valence-electron chi connectivity index (χ0n) is 10.3. The second-order valence-electron chi connectivity index (χ2n) is 5.97. The molecule has 3 nitrogen and oxygen atoms in total. The topological polar surface area (TPSA) is 55.1 Å². The van der Waals surface area contributed by atoms with E-state index in [4.69, 9.17) is 5.73 Å². The molecule has 0 aliphatic heterocycles. The van der Waals surface area contributed by atoms with E-state index in [1.807, 2.05) is 12.2 Å². The van der Waals surface area contributed by atoms with Crippen LogP contribution in [0.2, 0.25) is 0 Å². The van der Waals surface area contributed by atoms with Crippen LogP contribution in [0.25, 0.3) is 0 Å². The fraction of sp³-hybridized carbons (Fsp3) is 0.786. The van der Waals surface area contributed by atoms with Gasteiger partial charge in [-0.3, -0.25) is 4.79 Å². The molecule has 0 heterocycles. The summed E-state index contributed by atoms with van der Waals surface area (Å²) < 4.78 is 0. The third-order valence-corrected chi connectivity index (χ3v) is 4.42. The van der Waals surface area contributed by atoms with E-state index in [0.29, 0.717) is 0 Å². The minimum atomic E-state index is 0.0176. The van der Waals surface area contributed by atoms with Crippen LogP contribution in [0.1, 0.15) is 32.1 Å². The van der Waals surface area contributed by atoms with Crippen molar-refractivity contribution in [2.45, 2.75) is 38.1 Å². The number of amides is 1. The van der Waals surface area contributed by atoms with Crippen LogP contribution in [-0.4, -0.2) is 18.5 Å². The number of carbonyl (C=O) groups is 1. The van der Waals surface area contributed by atoms with Crippen LogP contribution < -0.4 is 11.1 Å². The highest BCUT2D eigenvalue weighted by Crippen LogP contribution is 2.48. The van der Waals surface area contributed by atoms with Gasteiger partial charge in [0.25, 0.3) is 0 Å². The molecule has 2 atom stereocenters. The fourth-order valence-corrected chi connectivity index (χ4v) is 3.04. The molecule has 0 aromatic rings. The second-order valence-corrected chi connectivity index (χ2v) is 5.97. The smallest absolute Gasteiger partial charge is 0.227 e. The minimum Gasteiger partial charge on any atom is -0.355 e. The van der Waals surface area contributed by atoms with Gasteiger partial charge in [-0.05, 0) is 49.9 Å². The number of hydrogen-bond acceptors (Lipinski definition) is 2. The fourth-order valence-electron chi connectivity index (χ4n) is 3.04. The van der Waals surface area contributed by atoms with E-state index in [0.717, 1.165) is 30.7 Å². The number of rotatable bonds is 5. The van der Waals surface area contributed by atoms with Crippen molar-refractivity contribution in [1.82, 2.24) is 5.32 Å². The van der Waals surface area contributed by atoms with Crippen molar-refractivity contribution in [2.24, 2.45) is 29.4 Å². The van der Waals surface area contributed by atoms with Gasteiger partial charge in [0.1, 0.15) is 0 Å². The first kappa shape index (κ1) is 11.3. The van der Waals surface area contributed by atoms with Gasteiger partial charge in [0.15, 0.2) is 0 Å². The van der Waals surface area contributed by atoms with E-state index in [1.165, 1.54) is 25.7 Å². The Hall–Kier alpha value is -0.830. The monoisotopic (exact) mass is 234 g/mol. The van der Waals surface area contributed by atoms with E-state index in [9.17, 15) is 4.79 Å². The van der Waals surface area contributed by atoms with Crippen LogP contribution in [0.5, 0.6) is 0 Å². The van der Waals surface area contributed by atoms with Gasteiger partial charge in [0, 0.05) is 12.6 Å². The van der Waals surface area contributed by atoms with Crippen LogP contribution in [0, 0.1) is 23.7 Å². The molecule has 3 aliphatic rings. The summed E-state index contributed by atoms with van der Waals surface area (Å²) in [5.41, 5.74) is 5.77. The second kappa shape index (κ2) is 4.45. The molecule has 0 saturated heterocycles. The predicted molar refractivity (Wildman–Crippen MR) is 67.2 cm³/mol. The summed E-state index contributed by atoms with van der Waals surface area (Å²) in [5, 5.41) is 3.14. The van der Waals surface area contributed by atoms with E-state index in [-0.39, 0.29) is 17.9 Å². The lowest BCUT2D eigenvalue weighted by molar-refractivity contribution is -0.123. The molecule has 94 valence electrons. The lowest BCUT2D eigenvalue weighted by Gasteiger charge is -2.18. The molecule has 0 radical (unpaired) electrons. The third kappa shape index (κ3) is 2.71. The van der Waals surface area contributed by atoms with Crippen LogP contribution in [0.3, 0.4) is 0 Å². The molecule has 0 aromatic carbocycles. The highest BCUT2D eigenvalue weighted by molar-refractivity contribution is 5.81. The largest absolute Gasteiger partial charge is 0.355 e. The van der Waals surface area contributed by atoms with Crippen molar-refractivity contribution in [1.29, 1.82) is 0 Å². The van der Waals surface area contributed by atoms with Crippen LogP contribution >= 0.6 is 0 Å². The summed E-state index contributed by atoms with van der Waals surface area (Å²) in [6.45, 7) is 0.897. The Kier molecular flexibility index (Phi) is 2.95. The van der Waals surface area contributed by atoms with E-state index >= 15 is 0 Å². The molecular weight excluding hydrogens is 212 g/mol. The molecule has 3 aliphatic carbocycles. The van der Waals surface area contributed by atoms with Gasteiger partial charge in [0.2, 0.25) is 5.91 Å². The van der Waals surface area contributed by atoms with Gasteiger partial charge >= 0.3 is 0 Å². The van der Waals surface area contributed by atoms with Crippen molar-refractivity contribution in [3.63, 3.8) is 0 Å². The average molecular weight is 234 g/mol. The van der Waals surface area contributed by atoms with Crippen molar-refractivity contribution in [2.75, 3.05) is 6.54 Å². The number of carbonyl (C=O) groups excluding carboxylic acids is 1. The maximum absolute atomic E-state index is 12.0. The number of nitrogens with two attached hydrogens (primary N) is 1. The first-order chi connectivity index (χ1) is 8.24. The summed E-state index contributed by atoms with van der Waals surface area (Å²) in [4.78, 5) is 12.0. The maximum atomic E-state index is 12.0. The molecule has 2 saturated carbocycles. The molecule has 0 aromatic heterocycles. The Bertz CT molecular complexity index is 319. The van der Waals surface area contributed by atoms with Crippen molar-refractivity contribution < 1.29 is 4.79 Å². The summed E-state index contributed by atoms with van der Waals surface area (Å²) in [6, 6.07) is 0.0772. The van der Waals surface area contributed by atoms with Gasteiger partial charge < -0.3 is 11.1 Å². The molecule has 3 heteroatoms. The highest BCUT2D eigenvalue weighted by atomic mass is 16.1. The maximum Gasteiger partial charge on any atom is 0.227 e. The van der Waals surface area contributed by atoms with Crippen LogP contribution in [0.15, 0.2) is 12.2 Å². The van der Waals surface area contributed by atoms with Gasteiger partial charge in [-0.15, -0.1) is 0 Å². The van der Waals surface area contributed by atoms with Crippen LogP contribution in [-0.2, 0) is 4.79 Å². The Labute approximate surface area is 103 Å². The van der Waals surface area contributed by atoms with Crippen molar-refractivity contribution in [3.8, 4) is 0 Å². The van der Waals surface area contributed by atoms with E-state index in [2.05, 4.69) is 5.32 Å². The first-order valence-electron chi connectivity index (χ1n) is 6.95. The van der Waals surface area contributed by atoms with Gasteiger partial charge in [-0.2, -0.15) is 0 Å². The summed E-state index contributed by atoms with van der Waals surface area (Å²) >= 11 is 0. The Morgan fingerprint density at radius 3 is 2.35 bits per heavy atom. The molecule has 1 amide bonds. The molecule has 2 unspecified atom stereocenters. The molecular formula is C14H22N2O. The zero-order chi connectivity index (χ0) is 11.8. The molecule has 3 rings (SSSR count). The SMILES string of the molecule is NC1C=CC(C(=O)NCC(C2CC2)C2CC2)C1. The predicted octanol–water partition coefficient (Wildman–Crippen LogP) is 1.44. The normalized spacial score (nSPS) is 32.1. The first-order valence-corrected chi connectivity index (χ1v) is 6.95. The minimum absolute atomic E-state index is 0.0176. The highest BCUT2D eigenvalue weighted by Gasteiger charge is 2.41. The standard InChI is InChI=1S/C14H22N2O/c15-12-6-5-11(7-12)14(17)16-8-13(9-1-2-9)10-3-4-10/h5-6,9-13H,1-4,7-8,15H2,(H,16,17). The molecule has 3 N–H and O–H groups in total. The van der Waals surface area contributed by atoms with Crippen LogP contribution in [0.4, 0.5) is 0 Å². The third-order valence-electron chi connectivity index (χ3n) is 4.42. The van der Waals surface area contributed by atoms with E-state index < -0.39 is 0 Å².